The highest BCUT2D eigenvalue weighted by Gasteiger charge is 2.05. The summed E-state index contributed by atoms with van der Waals surface area (Å²) in [5.41, 5.74) is 0. The van der Waals surface area contributed by atoms with E-state index in [1.165, 1.54) is 71.1 Å². The van der Waals surface area contributed by atoms with Gasteiger partial charge in [-0.05, 0) is 57.8 Å². The zero-order chi connectivity index (χ0) is 12.8. The first kappa shape index (κ1) is 16.9. The molecule has 0 aromatic carbocycles. The average molecular weight is 242 g/mol. The first-order valence-electron chi connectivity index (χ1n) is 7.81. The van der Waals surface area contributed by atoms with Crippen molar-refractivity contribution in [2.75, 3.05) is 26.2 Å². The molecule has 2 rings (SSSR count). The second kappa shape index (κ2) is 14.0. The Morgan fingerprint density at radius 2 is 1.06 bits per heavy atom. The van der Waals surface area contributed by atoms with Crippen LogP contribution < -0.4 is 10.6 Å². The number of nitrogens with one attached hydrogen (secondary N) is 2. The minimum Gasteiger partial charge on any atom is -0.317 e. The molecule has 17 heavy (non-hydrogen) atoms. The second-order valence-corrected chi connectivity index (χ2v) is 4.95. The number of rotatable bonds is 0. The molecule has 2 fully saturated rings. The maximum atomic E-state index is 3.39. The highest BCUT2D eigenvalue weighted by Crippen LogP contribution is 2.08. The fourth-order valence-corrected chi connectivity index (χ4v) is 2.12. The summed E-state index contributed by atoms with van der Waals surface area (Å²) in [6, 6.07) is 0. The van der Waals surface area contributed by atoms with Crippen molar-refractivity contribution in [3.8, 4) is 0 Å². The molecule has 0 saturated carbocycles. The van der Waals surface area contributed by atoms with Gasteiger partial charge in [0.1, 0.15) is 0 Å². The van der Waals surface area contributed by atoms with Gasteiger partial charge in [-0.25, -0.2) is 0 Å². The van der Waals surface area contributed by atoms with Gasteiger partial charge in [-0.15, -0.1) is 0 Å². The molecule has 0 atom stereocenters. The van der Waals surface area contributed by atoms with Crippen molar-refractivity contribution in [2.24, 2.45) is 5.92 Å². The van der Waals surface area contributed by atoms with E-state index < -0.39 is 0 Å². The van der Waals surface area contributed by atoms with Crippen LogP contribution in [0.3, 0.4) is 0 Å². The lowest BCUT2D eigenvalue weighted by atomic mass is 10.0. The van der Waals surface area contributed by atoms with Gasteiger partial charge < -0.3 is 10.6 Å². The molecule has 104 valence electrons. The van der Waals surface area contributed by atoms with Gasteiger partial charge in [0.15, 0.2) is 0 Å². The van der Waals surface area contributed by atoms with Gasteiger partial charge in [0.25, 0.3) is 0 Å². The Bertz CT molecular complexity index is 107. The Balaban J connectivity index is 0.000000265. The summed E-state index contributed by atoms with van der Waals surface area (Å²) in [6.07, 6.45) is 9.86. The predicted molar refractivity (Wildman–Crippen MR) is 78.6 cm³/mol. The van der Waals surface area contributed by atoms with Crippen molar-refractivity contribution in [1.29, 1.82) is 0 Å². The smallest absolute Gasteiger partial charge is 0.00464 e. The zero-order valence-corrected chi connectivity index (χ0v) is 12.4. The summed E-state index contributed by atoms with van der Waals surface area (Å²) in [7, 11) is 0. The summed E-state index contributed by atoms with van der Waals surface area (Å²) in [5.74, 6) is 0.973. The molecule has 2 aliphatic heterocycles. The van der Waals surface area contributed by atoms with E-state index in [1.54, 1.807) is 0 Å². The molecule has 0 aromatic heterocycles. The minimum absolute atomic E-state index is 0.973. The topological polar surface area (TPSA) is 24.1 Å². The summed E-state index contributed by atoms with van der Waals surface area (Å²) in [5, 5.41) is 6.70. The van der Waals surface area contributed by atoms with Gasteiger partial charge in [-0.2, -0.15) is 0 Å². The van der Waals surface area contributed by atoms with Crippen LogP contribution >= 0.6 is 0 Å². The first-order valence-corrected chi connectivity index (χ1v) is 7.81. The third-order valence-electron chi connectivity index (χ3n) is 3.33. The van der Waals surface area contributed by atoms with E-state index in [-0.39, 0.29) is 0 Å². The summed E-state index contributed by atoms with van der Waals surface area (Å²) < 4.78 is 0. The lowest BCUT2D eigenvalue weighted by molar-refractivity contribution is 0.402. The van der Waals surface area contributed by atoms with Crippen molar-refractivity contribution in [3.05, 3.63) is 0 Å². The molecule has 2 nitrogen and oxygen atoms in total. The van der Waals surface area contributed by atoms with E-state index in [1.807, 2.05) is 13.8 Å². The fourth-order valence-electron chi connectivity index (χ4n) is 2.12. The largest absolute Gasteiger partial charge is 0.317 e. The lowest BCUT2D eigenvalue weighted by Crippen LogP contribution is -2.26. The van der Waals surface area contributed by atoms with Crippen LogP contribution in [0.4, 0.5) is 0 Å². The fraction of sp³-hybridized carbons (Fsp3) is 1.00. The molecule has 2 aliphatic rings. The monoisotopic (exact) mass is 242 g/mol. The maximum Gasteiger partial charge on any atom is -0.00464 e. The van der Waals surface area contributed by atoms with Crippen molar-refractivity contribution < 1.29 is 0 Å². The third-order valence-corrected chi connectivity index (χ3v) is 3.33. The van der Waals surface area contributed by atoms with Crippen LogP contribution in [0.5, 0.6) is 0 Å². The molecule has 2 N–H and O–H groups in total. The summed E-state index contributed by atoms with van der Waals surface area (Å²) in [6.45, 7) is 11.3. The van der Waals surface area contributed by atoms with E-state index in [2.05, 4.69) is 17.6 Å². The van der Waals surface area contributed by atoms with E-state index in [0.717, 1.165) is 5.92 Å². The van der Waals surface area contributed by atoms with Crippen LogP contribution in [0.2, 0.25) is 0 Å². The van der Waals surface area contributed by atoms with Gasteiger partial charge in [0, 0.05) is 0 Å². The second-order valence-electron chi connectivity index (χ2n) is 4.95. The number of hydrogen-bond donors (Lipinski definition) is 2. The van der Waals surface area contributed by atoms with Crippen LogP contribution in [-0.2, 0) is 0 Å². The molecule has 0 aromatic rings. The Labute approximate surface area is 109 Å². The van der Waals surface area contributed by atoms with Crippen molar-refractivity contribution >= 4 is 0 Å². The van der Waals surface area contributed by atoms with Crippen molar-refractivity contribution in [2.45, 2.75) is 65.7 Å². The molecule has 0 radical (unpaired) electrons. The Hall–Kier alpha value is -0.0800. The Morgan fingerprint density at radius 1 is 0.647 bits per heavy atom. The van der Waals surface area contributed by atoms with Crippen LogP contribution in [0.25, 0.3) is 0 Å². The van der Waals surface area contributed by atoms with E-state index in [9.17, 15) is 0 Å². The highest BCUT2D eigenvalue weighted by atomic mass is 14.9. The highest BCUT2D eigenvalue weighted by molar-refractivity contribution is 4.62. The molecule has 2 saturated heterocycles. The summed E-state index contributed by atoms with van der Waals surface area (Å²) in [4.78, 5) is 0. The Morgan fingerprint density at radius 3 is 1.47 bits per heavy atom. The average Bonchev–Trinajstić information content (AvgIpc) is 2.32. The molecular formula is C15H34N2. The van der Waals surface area contributed by atoms with Crippen molar-refractivity contribution in [1.82, 2.24) is 10.6 Å². The third kappa shape index (κ3) is 12.2. The number of hydrogen-bond acceptors (Lipinski definition) is 2. The van der Waals surface area contributed by atoms with Crippen LogP contribution in [0.1, 0.15) is 65.7 Å². The molecule has 0 unspecified atom stereocenters. The number of piperidine rings is 1. The molecule has 0 aliphatic carbocycles. The minimum atomic E-state index is 0.973. The van der Waals surface area contributed by atoms with Crippen LogP contribution in [-0.4, -0.2) is 26.2 Å². The molecule has 0 amide bonds. The Kier molecular flexibility index (Phi) is 13.9. The predicted octanol–water partition coefficient (Wildman–Crippen LogP) is 3.57. The zero-order valence-electron chi connectivity index (χ0n) is 12.4. The standard InChI is InChI=1S/C7H15N.C6H13N.C2H6/c1-2-4-6-8-7-5-3-1;1-6-2-4-7-5-3-6;1-2/h8H,1-7H2;6-7H,2-5H2,1H3;1-2H3. The van der Waals surface area contributed by atoms with E-state index in [0.29, 0.717) is 0 Å². The van der Waals surface area contributed by atoms with Crippen molar-refractivity contribution in [3.63, 3.8) is 0 Å². The normalized spacial score (nSPS) is 22.1. The van der Waals surface area contributed by atoms with Gasteiger partial charge in [-0.3, -0.25) is 0 Å². The molecule has 2 heterocycles. The molecule has 0 bridgehead atoms. The molecule has 2 heteroatoms. The molecule has 0 spiro atoms. The van der Waals surface area contributed by atoms with Gasteiger partial charge in [-0.1, -0.05) is 40.0 Å². The lowest BCUT2D eigenvalue weighted by Gasteiger charge is -2.17. The first-order chi connectivity index (χ1) is 8.39. The van der Waals surface area contributed by atoms with E-state index >= 15 is 0 Å². The van der Waals surface area contributed by atoms with E-state index in [4.69, 9.17) is 0 Å². The van der Waals surface area contributed by atoms with Gasteiger partial charge >= 0.3 is 0 Å². The summed E-state index contributed by atoms with van der Waals surface area (Å²) >= 11 is 0. The van der Waals surface area contributed by atoms with Gasteiger partial charge in [0.05, 0.1) is 0 Å². The van der Waals surface area contributed by atoms with Crippen LogP contribution in [0.15, 0.2) is 0 Å². The van der Waals surface area contributed by atoms with Gasteiger partial charge in [0.2, 0.25) is 0 Å². The van der Waals surface area contributed by atoms with Crippen LogP contribution in [0, 0.1) is 5.92 Å². The maximum absolute atomic E-state index is 3.39. The SMILES string of the molecule is C1CCCNCCC1.CC.CC1CCNCC1. The molecular weight excluding hydrogens is 208 g/mol. The quantitative estimate of drug-likeness (QED) is 0.678.